The van der Waals surface area contributed by atoms with Gasteiger partial charge >= 0.3 is 0 Å². The first-order valence-electron chi connectivity index (χ1n) is 5.86. The highest BCUT2D eigenvalue weighted by molar-refractivity contribution is 5.27. The molecule has 0 bridgehead atoms. The molecule has 0 aromatic heterocycles. The first-order chi connectivity index (χ1) is 7.92. The summed E-state index contributed by atoms with van der Waals surface area (Å²) in [6, 6.07) is 19.6. The second-order valence-electron chi connectivity index (χ2n) is 4.53. The van der Waals surface area contributed by atoms with Crippen LogP contribution in [0, 0.1) is 0 Å². The molecule has 0 spiro atoms. The third kappa shape index (κ3) is 1.86. The van der Waals surface area contributed by atoms with E-state index in [1.54, 1.807) is 4.90 Å². The van der Waals surface area contributed by atoms with Crippen LogP contribution in [0.3, 0.4) is 0 Å². The minimum atomic E-state index is 1.13. The summed E-state index contributed by atoms with van der Waals surface area (Å²) in [6.45, 7) is 3.48. The maximum Gasteiger partial charge on any atom is 0.104 e. The molecule has 1 aliphatic heterocycles. The molecule has 3 rings (SSSR count). The van der Waals surface area contributed by atoms with E-state index in [1.165, 1.54) is 29.8 Å². The molecule has 2 aromatic carbocycles. The molecule has 16 heavy (non-hydrogen) atoms. The Labute approximate surface area is 96.3 Å². The Hall–Kier alpha value is -1.60. The van der Waals surface area contributed by atoms with Gasteiger partial charge in [0.1, 0.15) is 19.6 Å². The van der Waals surface area contributed by atoms with Gasteiger partial charge in [0.2, 0.25) is 0 Å². The molecule has 0 aliphatic carbocycles. The van der Waals surface area contributed by atoms with Crippen molar-refractivity contribution in [1.82, 2.24) is 0 Å². The molecule has 0 saturated carbocycles. The van der Waals surface area contributed by atoms with Crippen molar-refractivity contribution in [3.8, 4) is 0 Å². The molecule has 0 amide bonds. The van der Waals surface area contributed by atoms with Gasteiger partial charge in [-0.25, -0.2) is 0 Å². The van der Waals surface area contributed by atoms with Gasteiger partial charge in [-0.15, -0.1) is 0 Å². The number of benzene rings is 2. The van der Waals surface area contributed by atoms with E-state index in [2.05, 4.69) is 54.6 Å². The Morgan fingerprint density at radius 2 is 1.31 bits per heavy atom. The zero-order chi connectivity index (χ0) is 10.8. The standard InChI is InChI=1S/C15H15N/c1-2-6-13(7-3-1)10-16-11-14-8-4-5-9-15(14)12-16/h1-9H,10-12H2/p+1. The Morgan fingerprint density at radius 3 is 1.94 bits per heavy atom. The van der Waals surface area contributed by atoms with Crippen LogP contribution < -0.4 is 4.90 Å². The molecule has 2 aromatic rings. The Kier molecular flexibility index (Phi) is 2.47. The fourth-order valence-electron chi connectivity index (χ4n) is 2.51. The molecule has 0 saturated heterocycles. The van der Waals surface area contributed by atoms with E-state index in [-0.39, 0.29) is 0 Å². The largest absolute Gasteiger partial charge is 0.324 e. The lowest BCUT2D eigenvalue weighted by Gasteiger charge is -2.11. The zero-order valence-corrected chi connectivity index (χ0v) is 9.32. The summed E-state index contributed by atoms with van der Waals surface area (Å²) in [5.41, 5.74) is 4.48. The highest BCUT2D eigenvalue weighted by Crippen LogP contribution is 2.11. The van der Waals surface area contributed by atoms with E-state index in [0.29, 0.717) is 0 Å². The molecule has 0 unspecified atom stereocenters. The monoisotopic (exact) mass is 210 g/mol. The van der Waals surface area contributed by atoms with Crippen LogP contribution in [0.4, 0.5) is 0 Å². The van der Waals surface area contributed by atoms with Crippen molar-refractivity contribution >= 4 is 0 Å². The number of rotatable bonds is 2. The smallest absolute Gasteiger partial charge is 0.104 e. The average Bonchev–Trinajstić information content (AvgIpc) is 2.72. The van der Waals surface area contributed by atoms with Gasteiger partial charge in [0.25, 0.3) is 0 Å². The van der Waals surface area contributed by atoms with Gasteiger partial charge in [0.05, 0.1) is 0 Å². The molecule has 1 heterocycles. The maximum absolute atomic E-state index is 2.26. The van der Waals surface area contributed by atoms with E-state index in [4.69, 9.17) is 0 Å². The second-order valence-corrected chi connectivity index (χ2v) is 4.53. The third-order valence-electron chi connectivity index (χ3n) is 3.30. The van der Waals surface area contributed by atoms with Crippen LogP contribution in [0.15, 0.2) is 54.6 Å². The third-order valence-corrected chi connectivity index (χ3v) is 3.30. The highest BCUT2D eigenvalue weighted by atomic mass is 15.1. The molecular weight excluding hydrogens is 194 g/mol. The van der Waals surface area contributed by atoms with Gasteiger partial charge < -0.3 is 4.90 Å². The second kappa shape index (κ2) is 4.11. The molecule has 1 heteroatoms. The normalized spacial score (nSPS) is 15.0. The average molecular weight is 210 g/mol. The van der Waals surface area contributed by atoms with Gasteiger partial charge in [0, 0.05) is 16.7 Å². The summed E-state index contributed by atoms with van der Waals surface area (Å²) in [5.74, 6) is 0. The zero-order valence-electron chi connectivity index (χ0n) is 9.32. The Bertz CT molecular complexity index is 451. The first-order valence-corrected chi connectivity index (χ1v) is 5.86. The van der Waals surface area contributed by atoms with Crippen LogP contribution in [-0.4, -0.2) is 0 Å². The van der Waals surface area contributed by atoms with Crippen LogP contribution in [0.1, 0.15) is 16.7 Å². The van der Waals surface area contributed by atoms with E-state index < -0.39 is 0 Å². The summed E-state index contributed by atoms with van der Waals surface area (Å²) in [6.07, 6.45) is 0. The molecule has 80 valence electrons. The highest BCUT2D eigenvalue weighted by Gasteiger charge is 2.21. The number of fused-ring (bicyclic) bond motifs is 1. The minimum absolute atomic E-state index is 1.13. The topological polar surface area (TPSA) is 4.44 Å². The summed E-state index contributed by atoms with van der Waals surface area (Å²) >= 11 is 0. The van der Waals surface area contributed by atoms with E-state index >= 15 is 0 Å². The van der Waals surface area contributed by atoms with Gasteiger partial charge in [-0.1, -0.05) is 54.6 Å². The molecule has 1 aliphatic rings. The van der Waals surface area contributed by atoms with Crippen molar-refractivity contribution < 1.29 is 4.90 Å². The number of hydrogen-bond donors (Lipinski definition) is 1. The molecule has 1 nitrogen and oxygen atoms in total. The van der Waals surface area contributed by atoms with Crippen molar-refractivity contribution in [1.29, 1.82) is 0 Å². The summed E-state index contributed by atoms with van der Waals surface area (Å²) in [4.78, 5) is 1.65. The van der Waals surface area contributed by atoms with Crippen molar-refractivity contribution in [2.24, 2.45) is 0 Å². The molecule has 0 radical (unpaired) electrons. The van der Waals surface area contributed by atoms with Gasteiger partial charge in [-0.2, -0.15) is 0 Å². The predicted molar refractivity (Wildman–Crippen MR) is 65.0 cm³/mol. The van der Waals surface area contributed by atoms with E-state index in [9.17, 15) is 0 Å². The van der Waals surface area contributed by atoms with Gasteiger partial charge in [0.15, 0.2) is 0 Å². The van der Waals surface area contributed by atoms with Crippen LogP contribution in [0.2, 0.25) is 0 Å². The first kappa shape index (κ1) is 9.61. The van der Waals surface area contributed by atoms with Crippen molar-refractivity contribution in [2.75, 3.05) is 0 Å². The summed E-state index contributed by atoms with van der Waals surface area (Å²) in [5, 5.41) is 0. The Balaban J connectivity index is 1.73. The summed E-state index contributed by atoms with van der Waals surface area (Å²) in [7, 11) is 0. The van der Waals surface area contributed by atoms with Crippen LogP contribution in [0.5, 0.6) is 0 Å². The fraction of sp³-hybridized carbons (Fsp3) is 0.200. The van der Waals surface area contributed by atoms with Crippen molar-refractivity contribution in [3.05, 3.63) is 71.3 Å². The number of hydrogen-bond acceptors (Lipinski definition) is 0. The lowest BCUT2D eigenvalue weighted by atomic mass is 10.1. The molecule has 1 N–H and O–H groups in total. The molecule has 0 fully saturated rings. The SMILES string of the molecule is c1ccc(C[NH+]2Cc3ccccc3C2)cc1. The van der Waals surface area contributed by atoms with Crippen LogP contribution >= 0.6 is 0 Å². The molecule has 0 atom stereocenters. The van der Waals surface area contributed by atoms with E-state index in [0.717, 1.165) is 6.54 Å². The molecular formula is C15H16N+. The van der Waals surface area contributed by atoms with Gasteiger partial charge in [-0.05, 0) is 0 Å². The van der Waals surface area contributed by atoms with Crippen LogP contribution in [-0.2, 0) is 19.6 Å². The van der Waals surface area contributed by atoms with Crippen LogP contribution in [0.25, 0.3) is 0 Å². The Morgan fingerprint density at radius 1 is 0.750 bits per heavy atom. The summed E-state index contributed by atoms with van der Waals surface area (Å²) < 4.78 is 0. The van der Waals surface area contributed by atoms with Crippen molar-refractivity contribution in [2.45, 2.75) is 19.6 Å². The predicted octanol–water partition coefficient (Wildman–Crippen LogP) is 1.79. The lowest BCUT2D eigenvalue weighted by Crippen LogP contribution is -3.06. The maximum atomic E-state index is 2.26. The lowest BCUT2D eigenvalue weighted by molar-refractivity contribution is -0.934. The fourth-order valence-corrected chi connectivity index (χ4v) is 2.51. The van der Waals surface area contributed by atoms with Crippen molar-refractivity contribution in [3.63, 3.8) is 0 Å². The minimum Gasteiger partial charge on any atom is -0.324 e. The number of nitrogens with one attached hydrogen (secondary N) is 1. The van der Waals surface area contributed by atoms with Gasteiger partial charge in [-0.3, -0.25) is 0 Å². The van der Waals surface area contributed by atoms with E-state index in [1.807, 2.05) is 0 Å². The number of quaternary nitrogens is 1. The quantitative estimate of drug-likeness (QED) is 0.770.